The molecule has 0 radical (unpaired) electrons. The fourth-order valence-corrected chi connectivity index (χ4v) is 5.28. The molecule has 2 unspecified atom stereocenters. The van der Waals surface area contributed by atoms with Crippen molar-refractivity contribution in [1.29, 1.82) is 0 Å². The van der Waals surface area contributed by atoms with Gasteiger partial charge in [-0.25, -0.2) is 0 Å². The van der Waals surface area contributed by atoms with Gasteiger partial charge in [0.1, 0.15) is 0 Å². The predicted octanol–water partition coefficient (Wildman–Crippen LogP) is 3.76. The number of nitrogens with zero attached hydrogens (tertiary/aromatic N) is 1. The van der Waals surface area contributed by atoms with Crippen molar-refractivity contribution in [1.82, 2.24) is 10.2 Å². The molecule has 2 aliphatic heterocycles. The van der Waals surface area contributed by atoms with E-state index in [0.717, 1.165) is 5.92 Å². The molecule has 2 rings (SSSR count). The first-order chi connectivity index (χ1) is 9.44. The lowest BCUT2D eigenvalue weighted by molar-refractivity contribution is 0.0439. The van der Waals surface area contributed by atoms with Crippen LogP contribution in [-0.2, 0) is 0 Å². The van der Waals surface area contributed by atoms with Crippen molar-refractivity contribution < 1.29 is 0 Å². The second-order valence-corrected chi connectivity index (χ2v) is 9.17. The van der Waals surface area contributed by atoms with E-state index in [0.29, 0.717) is 16.3 Å². The minimum atomic E-state index is 0.352. The highest BCUT2D eigenvalue weighted by atomic mass is 32.2. The second-order valence-electron chi connectivity index (χ2n) is 7.49. The Bertz CT molecular complexity index is 304. The van der Waals surface area contributed by atoms with Gasteiger partial charge in [0.05, 0.1) is 0 Å². The standard InChI is InChI=1S/C17H34N2S/c1-6-17(7-2)13-19(15(11-18-17)14(3)4)12-16(5)9-8-10-20-16/h14-15,18H,6-13H2,1-5H3. The van der Waals surface area contributed by atoms with E-state index in [1.165, 1.54) is 51.1 Å². The molecule has 2 aliphatic rings. The summed E-state index contributed by atoms with van der Waals surface area (Å²) in [4.78, 5) is 2.83. The molecule has 3 heteroatoms. The van der Waals surface area contributed by atoms with Crippen LogP contribution in [0.5, 0.6) is 0 Å². The van der Waals surface area contributed by atoms with Crippen molar-refractivity contribution in [3.8, 4) is 0 Å². The van der Waals surface area contributed by atoms with Gasteiger partial charge in [0, 0.05) is 36.0 Å². The summed E-state index contributed by atoms with van der Waals surface area (Å²) in [5.41, 5.74) is 0.352. The molecule has 2 heterocycles. The Morgan fingerprint density at radius 1 is 1.30 bits per heavy atom. The summed E-state index contributed by atoms with van der Waals surface area (Å²) in [5, 5.41) is 3.88. The molecule has 118 valence electrons. The Kier molecular flexibility index (Phi) is 5.47. The van der Waals surface area contributed by atoms with Gasteiger partial charge in [-0.2, -0.15) is 11.8 Å². The quantitative estimate of drug-likeness (QED) is 0.832. The molecule has 0 bridgehead atoms. The Morgan fingerprint density at radius 2 is 2.00 bits per heavy atom. The number of piperazine rings is 1. The van der Waals surface area contributed by atoms with Crippen LogP contribution in [0.1, 0.15) is 60.3 Å². The maximum atomic E-state index is 3.88. The fraction of sp³-hybridized carbons (Fsp3) is 1.00. The van der Waals surface area contributed by atoms with E-state index in [-0.39, 0.29) is 0 Å². The van der Waals surface area contributed by atoms with Crippen molar-refractivity contribution in [2.75, 3.05) is 25.4 Å². The lowest BCUT2D eigenvalue weighted by Crippen LogP contribution is -2.66. The third kappa shape index (κ3) is 3.53. The van der Waals surface area contributed by atoms with Gasteiger partial charge in [-0.1, -0.05) is 27.7 Å². The molecule has 0 aromatic heterocycles. The summed E-state index contributed by atoms with van der Waals surface area (Å²) in [6.07, 6.45) is 5.30. The van der Waals surface area contributed by atoms with Gasteiger partial charge < -0.3 is 5.32 Å². The molecule has 2 nitrogen and oxygen atoms in total. The van der Waals surface area contributed by atoms with Gasteiger partial charge in [-0.3, -0.25) is 4.90 Å². The Morgan fingerprint density at radius 3 is 2.50 bits per heavy atom. The first-order valence-corrected chi connectivity index (χ1v) is 9.55. The average Bonchev–Trinajstić information content (AvgIpc) is 2.84. The first-order valence-electron chi connectivity index (χ1n) is 8.57. The minimum absolute atomic E-state index is 0.352. The van der Waals surface area contributed by atoms with Crippen molar-refractivity contribution >= 4 is 11.8 Å². The van der Waals surface area contributed by atoms with Crippen molar-refractivity contribution in [2.45, 2.75) is 76.6 Å². The summed E-state index contributed by atoms with van der Waals surface area (Å²) in [6, 6.07) is 0.708. The van der Waals surface area contributed by atoms with E-state index in [1.807, 2.05) is 0 Å². The normalized spacial score (nSPS) is 34.8. The summed E-state index contributed by atoms with van der Waals surface area (Å²) < 4.78 is 0.498. The zero-order valence-corrected chi connectivity index (χ0v) is 15.0. The van der Waals surface area contributed by atoms with Gasteiger partial charge in [-0.15, -0.1) is 0 Å². The molecular formula is C17H34N2S. The van der Waals surface area contributed by atoms with Gasteiger partial charge >= 0.3 is 0 Å². The van der Waals surface area contributed by atoms with Gasteiger partial charge in [0.2, 0.25) is 0 Å². The smallest absolute Gasteiger partial charge is 0.0304 e. The lowest BCUT2D eigenvalue weighted by atomic mass is 9.85. The minimum Gasteiger partial charge on any atom is -0.308 e. The third-order valence-electron chi connectivity index (χ3n) is 5.62. The molecule has 0 aromatic carbocycles. The fourth-order valence-electron chi connectivity index (χ4n) is 3.96. The van der Waals surface area contributed by atoms with Crippen LogP contribution in [-0.4, -0.2) is 46.6 Å². The average molecular weight is 299 g/mol. The SMILES string of the molecule is CCC1(CC)CN(CC2(C)CCCS2)C(C(C)C)CN1. The summed E-state index contributed by atoms with van der Waals surface area (Å²) >= 11 is 2.21. The van der Waals surface area contributed by atoms with Crippen LogP contribution in [0.2, 0.25) is 0 Å². The second kappa shape index (κ2) is 6.58. The van der Waals surface area contributed by atoms with Crippen LogP contribution in [0.25, 0.3) is 0 Å². The summed E-state index contributed by atoms with van der Waals surface area (Å²) in [7, 11) is 0. The van der Waals surface area contributed by atoms with Crippen LogP contribution in [0.4, 0.5) is 0 Å². The first kappa shape index (κ1) is 16.6. The Balaban J connectivity index is 2.10. The Labute approximate surface area is 130 Å². The van der Waals surface area contributed by atoms with E-state index in [1.54, 1.807) is 0 Å². The van der Waals surface area contributed by atoms with E-state index >= 15 is 0 Å². The number of hydrogen-bond acceptors (Lipinski definition) is 3. The molecule has 0 spiro atoms. The molecule has 0 amide bonds. The molecule has 0 aliphatic carbocycles. The number of thioether (sulfide) groups is 1. The third-order valence-corrected chi connectivity index (χ3v) is 7.15. The summed E-state index contributed by atoms with van der Waals surface area (Å²) in [6.45, 7) is 15.6. The lowest BCUT2D eigenvalue weighted by Gasteiger charge is -2.50. The van der Waals surface area contributed by atoms with Crippen LogP contribution >= 0.6 is 11.8 Å². The van der Waals surface area contributed by atoms with Crippen LogP contribution in [0.15, 0.2) is 0 Å². The van der Waals surface area contributed by atoms with Crippen LogP contribution < -0.4 is 5.32 Å². The van der Waals surface area contributed by atoms with Gasteiger partial charge in [0.25, 0.3) is 0 Å². The maximum Gasteiger partial charge on any atom is 0.0304 e. The van der Waals surface area contributed by atoms with Gasteiger partial charge in [-0.05, 0) is 44.3 Å². The zero-order valence-electron chi connectivity index (χ0n) is 14.2. The molecule has 0 saturated carbocycles. The topological polar surface area (TPSA) is 15.3 Å². The summed E-state index contributed by atoms with van der Waals surface area (Å²) in [5.74, 6) is 2.10. The largest absolute Gasteiger partial charge is 0.308 e. The monoisotopic (exact) mass is 298 g/mol. The number of rotatable bonds is 5. The predicted molar refractivity (Wildman–Crippen MR) is 91.6 cm³/mol. The number of nitrogens with one attached hydrogen (secondary N) is 1. The molecule has 0 aromatic rings. The molecular weight excluding hydrogens is 264 g/mol. The van der Waals surface area contributed by atoms with Crippen molar-refractivity contribution in [3.05, 3.63) is 0 Å². The molecule has 2 fully saturated rings. The molecule has 1 N–H and O–H groups in total. The van der Waals surface area contributed by atoms with E-state index < -0.39 is 0 Å². The maximum absolute atomic E-state index is 3.88. The van der Waals surface area contributed by atoms with Gasteiger partial charge in [0.15, 0.2) is 0 Å². The molecule has 20 heavy (non-hydrogen) atoms. The highest BCUT2D eigenvalue weighted by Crippen LogP contribution is 2.40. The Hall–Kier alpha value is 0.270. The highest BCUT2D eigenvalue weighted by Gasteiger charge is 2.41. The van der Waals surface area contributed by atoms with Crippen LogP contribution in [0.3, 0.4) is 0 Å². The van der Waals surface area contributed by atoms with E-state index in [2.05, 4.69) is 56.6 Å². The van der Waals surface area contributed by atoms with Crippen LogP contribution in [0, 0.1) is 5.92 Å². The van der Waals surface area contributed by atoms with Crippen molar-refractivity contribution in [2.24, 2.45) is 5.92 Å². The molecule has 2 saturated heterocycles. The zero-order chi connectivity index (χ0) is 14.8. The van der Waals surface area contributed by atoms with E-state index in [4.69, 9.17) is 0 Å². The molecule has 2 atom stereocenters. The van der Waals surface area contributed by atoms with E-state index in [9.17, 15) is 0 Å². The van der Waals surface area contributed by atoms with Crippen molar-refractivity contribution in [3.63, 3.8) is 0 Å². The number of hydrogen-bond donors (Lipinski definition) is 1. The highest BCUT2D eigenvalue weighted by molar-refractivity contribution is 8.00.